The number of nitrogens with zero attached hydrogens (tertiary/aromatic N) is 1. The van der Waals surface area contributed by atoms with Gasteiger partial charge in [-0.1, -0.05) is 29.8 Å². The maximum atomic E-state index is 12.4. The lowest BCUT2D eigenvalue weighted by Crippen LogP contribution is -2.37. The van der Waals surface area contributed by atoms with E-state index in [2.05, 4.69) is 36.1 Å². The number of methoxy groups -OCH3 is 1. The van der Waals surface area contributed by atoms with Gasteiger partial charge in [0.1, 0.15) is 10.6 Å². The van der Waals surface area contributed by atoms with E-state index in [1.807, 2.05) is 0 Å². The van der Waals surface area contributed by atoms with Gasteiger partial charge in [-0.15, -0.1) is 0 Å². The predicted molar refractivity (Wildman–Crippen MR) is 105 cm³/mol. The van der Waals surface area contributed by atoms with Gasteiger partial charge >= 0.3 is 16.1 Å². The zero-order chi connectivity index (χ0) is 20.1. The van der Waals surface area contributed by atoms with Crippen molar-refractivity contribution >= 4 is 16.1 Å². The lowest BCUT2D eigenvalue weighted by Gasteiger charge is -2.30. The van der Waals surface area contributed by atoms with Crippen molar-refractivity contribution in [2.75, 3.05) is 20.2 Å². The molecule has 0 unspecified atom stereocenters. The highest BCUT2D eigenvalue weighted by Gasteiger charge is 2.30. The molecule has 2 aromatic carbocycles. The molecule has 0 amide bonds. The summed E-state index contributed by atoms with van der Waals surface area (Å²) in [4.78, 5) is 14.6. The van der Waals surface area contributed by atoms with E-state index in [9.17, 15) is 13.2 Å². The van der Waals surface area contributed by atoms with E-state index in [0.29, 0.717) is 18.6 Å². The first-order valence-electron chi connectivity index (χ1n) is 9.27. The van der Waals surface area contributed by atoms with Gasteiger partial charge in [0, 0.05) is 6.54 Å². The summed E-state index contributed by atoms with van der Waals surface area (Å²) in [7, 11) is -2.62. The van der Waals surface area contributed by atoms with E-state index in [0.717, 1.165) is 19.6 Å². The first kappa shape index (κ1) is 20.4. The molecule has 2 aromatic rings. The molecule has 150 valence electrons. The summed E-state index contributed by atoms with van der Waals surface area (Å²) in [5.41, 5.74) is 2.46. The molecule has 3 rings (SSSR count). The molecular formula is C21H25NO5S. The number of ether oxygens (including phenoxy) is 1. The molecule has 0 atom stereocenters. The van der Waals surface area contributed by atoms with Crippen LogP contribution in [0.5, 0.6) is 5.75 Å². The zero-order valence-corrected chi connectivity index (χ0v) is 16.9. The van der Waals surface area contributed by atoms with Gasteiger partial charge < -0.3 is 8.92 Å². The third-order valence-electron chi connectivity index (χ3n) is 4.99. The van der Waals surface area contributed by atoms with E-state index in [-0.39, 0.29) is 4.90 Å². The van der Waals surface area contributed by atoms with Crippen molar-refractivity contribution in [3.05, 3.63) is 59.7 Å². The number of piperidine rings is 1. The number of benzene rings is 2. The average molecular weight is 404 g/mol. The summed E-state index contributed by atoms with van der Waals surface area (Å²) in [6, 6.07) is 14.2. The van der Waals surface area contributed by atoms with Gasteiger partial charge in [-0.25, -0.2) is 0 Å². The van der Waals surface area contributed by atoms with Crippen molar-refractivity contribution in [2.24, 2.45) is 5.92 Å². The van der Waals surface area contributed by atoms with Gasteiger partial charge in [0.05, 0.1) is 13.0 Å². The SMILES string of the molecule is COc1ccc(S(=O)(=O)OC(=O)C2CCN(Cc3ccc(C)cc3)CC2)cc1. The summed E-state index contributed by atoms with van der Waals surface area (Å²) < 4.78 is 34.5. The lowest BCUT2D eigenvalue weighted by atomic mass is 9.97. The summed E-state index contributed by atoms with van der Waals surface area (Å²) in [6.45, 7) is 4.35. The topological polar surface area (TPSA) is 72.9 Å². The second kappa shape index (κ2) is 8.75. The van der Waals surface area contributed by atoms with E-state index in [1.54, 1.807) is 0 Å². The average Bonchev–Trinajstić information content (AvgIpc) is 2.70. The fourth-order valence-corrected chi connectivity index (χ4v) is 4.16. The number of hydrogen-bond acceptors (Lipinski definition) is 6. The van der Waals surface area contributed by atoms with E-state index < -0.39 is 22.0 Å². The third kappa shape index (κ3) is 5.11. The van der Waals surface area contributed by atoms with Crippen molar-refractivity contribution in [3.63, 3.8) is 0 Å². The lowest BCUT2D eigenvalue weighted by molar-refractivity contribution is -0.140. The third-order valence-corrected chi connectivity index (χ3v) is 6.22. The van der Waals surface area contributed by atoms with Crippen LogP contribution in [0.3, 0.4) is 0 Å². The highest BCUT2D eigenvalue weighted by Crippen LogP contribution is 2.23. The minimum Gasteiger partial charge on any atom is -0.497 e. The molecule has 1 aliphatic heterocycles. The van der Waals surface area contributed by atoms with Gasteiger partial charge in [0.15, 0.2) is 0 Å². The van der Waals surface area contributed by atoms with Crippen LogP contribution in [0.4, 0.5) is 0 Å². The minimum absolute atomic E-state index is 0.0570. The number of hydrogen-bond donors (Lipinski definition) is 0. The quantitative estimate of drug-likeness (QED) is 0.690. The Balaban J connectivity index is 1.53. The van der Waals surface area contributed by atoms with Gasteiger partial charge in [0.2, 0.25) is 0 Å². The second-order valence-corrected chi connectivity index (χ2v) is 8.61. The zero-order valence-electron chi connectivity index (χ0n) is 16.1. The van der Waals surface area contributed by atoms with Gasteiger partial charge in [-0.3, -0.25) is 9.69 Å². The molecule has 1 saturated heterocycles. The van der Waals surface area contributed by atoms with Gasteiger partial charge in [-0.05, 0) is 62.7 Å². The Morgan fingerprint density at radius 2 is 1.64 bits per heavy atom. The molecule has 7 heteroatoms. The van der Waals surface area contributed by atoms with Crippen LogP contribution in [-0.2, 0) is 25.6 Å². The highest BCUT2D eigenvalue weighted by atomic mass is 32.2. The van der Waals surface area contributed by atoms with Gasteiger partial charge in [-0.2, -0.15) is 8.42 Å². The van der Waals surface area contributed by atoms with E-state index in [4.69, 9.17) is 8.92 Å². The van der Waals surface area contributed by atoms with Crippen LogP contribution in [0.15, 0.2) is 53.4 Å². The molecule has 0 aliphatic carbocycles. The highest BCUT2D eigenvalue weighted by molar-refractivity contribution is 7.87. The van der Waals surface area contributed by atoms with Crippen molar-refractivity contribution in [1.82, 2.24) is 4.90 Å². The number of aryl methyl sites for hydroxylation is 1. The van der Waals surface area contributed by atoms with Crippen molar-refractivity contribution < 1.29 is 22.1 Å². The first-order chi connectivity index (χ1) is 13.4. The van der Waals surface area contributed by atoms with Gasteiger partial charge in [0.25, 0.3) is 0 Å². The maximum Gasteiger partial charge on any atom is 0.341 e. The van der Waals surface area contributed by atoms with Crippen LogP contribution in [0, 0.1) is 12.8 Å². The molecule has 0 N–H and O–H groups in total. The van der Waals surface area contributed by atoms with Crippen molar-refractivity contribution in [1.29, 1.82) is 0 Å². The molecule has 0 aromatic heterocycles. The van der Waals surface area contributed by atoms with E-state index >= 15 is 0 Å². The number of carbonyl (C=O) groups excluding carboxylic acids is 1. The molecule has 1 aliphatic rings. The normalized spacial score (nSPS) is 15.9. The smallest absolute Gasteiger partial charge is 0.341 e. The summed E-state index contributed by atoms with van der Waals surface area (Å²) in [5, 5.41) is 0. The second-order valence-electron chi connectivity index (χ2n) is 7.07. The van der Waals surface area contributed by atoms with Crippen LogP contribution >= 0.6 is 0 Å². The monoisotopic (exact) mass is 403 g/mol. The van der Waals surface area contributed by atoms with E-state index in [1.165, 1.54) is 42.5 Å². The molecule has 0 bridgehead atoms. The molecule has 28 heavy (non-hydrogen) atoms. The Morgan fingerprint density at radius 1 is 1.04 bits per heavy atom. The van der Waals surface area contributed by atoms with Crippen LogP contribution in [0.2, 0.25) is 0 Å². The fourth-order valence-electron chi connectivity index (χ4n) is 3.25. The number of likely N-dealkylation sites (tertiary alicyclic amines) is 1. The Hall–Kier alpha value is -2.38. The predicted octanol–water partition coefficient (Wildman–Crippen LogP) is 3.15. The summed E-state index contributed by atoms with van der Waals surface area (Å²) in [5.74, 6) is -0.542. The molecule has 1 fully saturated rings. The van der Waals surface area contributed by atoms with Crippen molar-refractivity contribution in [2.45, 2.75) is 31.2 Å². The number of carbonyl (C=O) groups is 1. The minimum atomic E-state index is -4.12. The van der Waals surface area contributed by atoms with Crippen molar-refractivity contribution in [3.8, 4) is 5.75 Å². The molecular weight excluding hydrogens is 378 g/mol. The Kier molecular flexibility index (Phi) is 6.36. The number of rotatable bonds is 6. The molecule has 0 saturated carbocycles. The largest absolute Gasteiger partial charge is 0.497 e. The molecule has 0 spiro atoms. The fraction of sp³-hybridized carbons (Fsp3) is 0.381. The molecule has 6 nitrogen and oxygen atoms in total. The van der Waals surface area contributed by atoms with Crippen LogP contribution in [0.25, 0.3) is 0 Å². The summed E-state index contributed by atoms with van der Waals surface area (Å²) >= 11 is 0. The Labute approximate surface area is 166 Å². The van der Waals surface area contributed by atoms with Crippen LogP contribution in [0.1, 0.15) is 24.0 Å². The summed E-state index contributed by atoms with van der Waals surface area (Å²) in [6.07, 6.45) is 1.17. The Bertz CT molecular complexity index is 899. The first-order valence-corrected chi connectivity index (χ1v) is 10.7. The maximum absolute atomic E-state index is 12.4. The Morgan fingerprint density at radius 3 is 2.21 bits per heavy atom. The molecule has 1 heterocycles. The van der Waals surface area contributed by atoms with Crippen LogP contribution in [-0.4, -0.2) is 39.5 Å². The molecule has 0 radical (unpaired) electrons. The van der Waals surface area contributed by atoms with Crippen LogP contribution < -0.4 is 4.74 Å². The standard InChI is InChI=1S/C21H25NO5S/c1-16-3-5-17(6-4-16)15-22-13-11-18(12-14-22)21(23)27-28(24,25)20-9-7-19(26-2)8-10-20/h3-10,18H,11-15H2,1-2H3.